The average Bonchev–Trinajstić information content (AvgIpc) is 3.24. The number of aryl methyl sites for hydroxylation is 2. The summed E-state index contributed by atoms with van der Waals surface area (Å²) in [4.78, 5) is 12.7. The Morgan fingerprint density at radius 3 is 2.63 bits per heavy atom. The van der Waals surface area contributed by atoms with Gasteiger partial charge in [0, 0.05) is 11.7 Å². The molecule has 1 aliphatic carbocycles. The summed E-state index contributed by atoms with van der Waals surface area (Å²) < 4.78 is 1.95. The van der Waals surface area contributed by atoms with E-state index in [2.05, 4.69) is 59.9 Å². The van der Waals surface area contributed by atoms with E-state index in [-0.39, 0.29) is 18.0 Å². The second kappa shape index (κ2) is 7.47. The van der Waals surface area contributed by atoms with Crippen molar-refractivity contribution in [2.75, 3.05) is 0 Å². The van der Waals surface area contributed by atoms with Crippen molar-refractivity contribution in [3.8, 4) is 5.69 Å². The second-order valence-corrected chi connectivity index (χ2v) is 8.27. The molecule has 1 saturated heterocycles. The van der Waals surface area contributed by atoms with Crippen LogP contribution >= 0.6 is 0 Å². The predicted molar refractivity (Wildman–Crippen MR) is 107 cm³/mol. The summed E-state index contributed by atoms with van der Waals surface area (Å²) in [5.41, 5.74) is 4.30. The number of amides is 1. The fourth-order valence-electron chi connectivity index (χ4n) is 4.71. The Balaban J connectivity index is 1.39. The molecule has 0 spiro atoms. The molecule has 4 unspecified atom stereocenters. The lowest BCUT2D eigenvalue weighted by Crippen LogP contribution is -2.43. The van der Waals surface area contributed by atoms with E-state index in [1.165, 1.54) is 25.7 Å². The molecule has 5 nitrogen and oxygen atoms in total. The van der Waals surface area contributed by atoms with Gasteiger partial charge in [0.2, 0.25) is 5.91 Å². The average molecular weight is 367 g/mol. The number of carbonyl (C=O) groups excluding carboxylic acids is 1. The molecule has 2 aromatic rings. The Kier molecular flexibility index (Phi) is 5.04. The molecule has 2 heterocycles. The minimum atomic E-state index is -0.0328. The van der Waals surface area contributed by atoms with Crippen LogP contribution in [0.3, 0.4) is 0 Å². The SMILES string of the molecule is Cc1cc(C)n(-c2ccc(C(C)NC(=O)C3CC4CCCCC4N3)cc2)n1. The minimum absolute atomic E-state index is 0.00330. The molecule has 27 heavy (non-hydrogen) atoms. The number of nitrogens with zero attached hydrogens (tertiary/aromatic N) is 2. The normalized spacial score (nSPS) is 25.8. The number of benzene rings is 1. The fourth-order valence-corrected chi connectivity index (χ4v) is 4.71. The van der Waals surface area contributed by atoms with Crippen molar-refractivity contribution in [2.24, 2.45) is 5.92 Å². The highest BCUT2D eigenvalue weighted by Crippen LogP contribution is 2.33. The summed E-state index contributed by atoms with van der Waals surface area (Å²) in [6.07, 6.45) is 6.08. The minimum Gasteiger partial charge on any atom is -0.348 e. The van der Waals surface area contributed by atoms with Gasteiger partial charge in [-0.15, -0.1) is 0 Å². The van der Waals surface area contributed by atoms with Gasteiger partial charge in [-0.05, 0) is 69.7 Å². The monoisotopic (exact) mass is 366 g/mol. The van der Waals surface area contributed by atoms with Crippen LogP contribution in [0.4, 0.5) is 0 Å². The lowest BCUT2D eigenvalue weighted by atomic mass is 9.85. The van der Waals surface area contributed by atoms with E-state index >= 15 is 0 Å². The molecule has 4 rings (SSSR count). The van der Waals surface area contributed by atoms with Crippen LogP contribution in [0.5, 0.6) is 0 Å². The summed E-state index contributed by atoms with van der Waals surface area (Å²) in [7, 11) is 0. The Labute approximate surface area is 161 Å². The number of nitrogens with one attached hydrogen (secondary N) is 2. The van der Waals surface area contributed by atoms with E-state index in [1.54, 1.807) is 0 Å². The molecule has 4 atom stereocenters. The van der Waals surface area contributed by atoms with Gasteiger partial charge in [-0.3, -0.25) is 4.79 Å². The van der Waals surface area contributed by atoms with Crippen LogP contribution in [0.25, 0.3) is 5.69 Å². The van der Waals surface area contributed by atoms with Crippen LogP contribution in [0.1, 0.15) is 62.0 Å². The second-order valence-electron chi connectivity index (χ2n) is 8.27. The summed E-state index contributed by atoms with van der Waals surface area (Å²) in [6.45, 7) is 6.11. The number of hydrogen-bond acceptors (Lipinski definition) is 3. The summed E-state index contributed by atoms with van der Waals surface area (Å²) in [5.74, 6) is 0.823. The maximum atomic E-state index is 12.7. The van der Waals surface area contributed by atoms with Gasteiger partial charge < -0.3 is 10.6 Å². The van der Waals surface area contributed by atoms with Crippen LogP contribution in [0, 0.1) is 19.8 Å². The van der Waals surface area contributed by atoms with Gasteiger partial charge in [0.05, 0.1) is 23.5 Å². The zero-order valence-corrected chi connectivity index (χ0v) is 16.5. The van der Waals surface area contributed by atoms with Gasteiger partial charge >= 0.3 is 0 Å². The van der Waals surface area contributed by atoms with E-state index in [0.29, 0.717) is 12.0 Å². The maximum absolute atomic E-state index is 12.7. The Bertz CT molecular complexity index is 796. The highest BCUT2D eigenvalue weighted by molar-refractivity contribution is 5.82. The molecule has 5 heteroatoms. The number of rotatable bonds is 4. The van der Waals surface area contributed by atoms with Crippen molar-refractivity contribution >= 4 is 5.91 Å². The van der Waals surface area contributed by atoms with E-state index in [1.807, 2.05) is 11.6 Å². The Hall–Kier alpha value is -2.14. The van der Waals surface area contributed by atoms with Gasteiger partial charge in [-0.2, -0.15) is 5.10 Å². The highest BCUT2D eigenvalue weighted by Gasteiger charge is 2.38. The number of fused-ring (bicyclic) bond motifs is 1. The third-order valence-electron chi connectivity index (χ3n) is 6.19. The molecule has 2 aliphatic rings. The molecule has 1 saturated carbocycles. The molecule has 1 amide bonds. The van der Waals surface area contributed by atoms with Crippen molar-refractivity contribution < 1.29 is 4.79 Å². The first-order valence-electron chi connectivity index (χ1n) is 10.2. The molecule has 2 N–H and O–H groups in total. The Morgan fingerprint density at radius 1 is 1.22 bits per heavy atom. The largest absolute Gasteiger partial charge is 0.348 e. The first kappa shape index (κ1) is 18.2. The van der Waals surface area contributed by atoms with Gasteiger partial charge in [0.25, 0.3) is 0 Å². The lowest BCUT2D eigenvalue weighted by molar-refractivity contribution is -0.123. The Morgan fingerprint density at radius 2 is 1.96 bits per heavy atom. The summed E-state index contributed by atoms with van der Waals surface area (Å²) in [6, 6.07) is 10.9. The zero-order chi connectivity index (χ0) is 19.0. The predicted octanol–water partition coefficient (Wildman–Crippen LogP) is 3.59. The van der Waals surface area contributed by atoms with Gasteiger partial charge in [-0.25, -0.2) is 4.68 Å². The third-order valence-corrected chi connectivity index (χ3v) is 6.19. The third kappa shape index (κ3) is 3.79. The highest BCUT2D eigenvalue weighted by atomic mass is 16.2. The molecule has 2 fully saturated rings. The molecule has 1 aromatic carbocycles. The molecular formula is C22H30N4O. The van der Waals surface area contributed by atoms with Crippen molar-refractivity contribution in [1.82, 2.24) is 20.4 Å². The maximum Gasteiger partial charge on any atom is 0.237 e. The molecule has 1 aromatic heterocycles. The first-order valence-corrected chi connectivity index (χ1v) is 10.2. The number of carbonyl (C=O) groups is 1. The van der Waals surface area contributed by atoms with Crippen LogP contribution in [-0.4, -0.2) is 27.8 Å². The molecular weight excluding hydrogens is 336 g/mol. The molecule has 144 valence electrons. The van der Waals surface area contributed by atoms with Crippen LogP contribution in [-0.2, 0) is 4.79 Å². The van der Waals surface area contributed by atoms with Crippen molar-refractivity contribution in [1.29, 1.82) is 0 Å². The van der Waals surface area contributed by atoms with E-state index in [0.717, 1.165) is 29.1 Å². The number of aromatic nitrogens is 2. The standard InChI is InChI=1S/C22H30N4O/c1-14-12-15(2)26(25-14)19-10-8-17(9-11-19)16(3)23-22(27)21-13-18-6-4-5-7-20(18)24-21/h8-12,16,18,20-21,24H,4-7,13H2,1-3H3,(H,23,27). The summed E-state index contributed by atoms with van der Waals surface area (Å²) in [5, 5.41) is 11.3. The quantitative estimate of drug-likeness (QED) is 0.869. The van der Waals surface area contributed by atoms with Crippen LogP contribution < -0.4 is 10.6 Å². The van der Waals surface area contributed by atoms with Crippen LogP contribution in [0.2, 0.25) is 0 Å². The fraction of sp³-hybridized carbons (Fsp3) is 0.545. The first-order chi connectivity index (χ1) is 13.0. The van der Waals surface area contributed by atoms with E-state index in [9.17, 15) is 4.79 Å². The smallest absolute Gasteiger partial charge is 0.237 e. The van der Waals surface area contributed by atoms with Gasteiger partial charge in [-0.1, -0.05) is 25.0 Å². The molecule has 0 radical (unpaired) electrons. The van der Waals surface area contributed by atoms with E-state index < -0.39 is 0 Å². The van der Waals surface area contributed by atoms with Crippen molar-refractivity contribution in [3.05, 3.63) is 47.3 Å². The summed E-state index contributed by atoms with van der Waals surface area (Å²) >= 11 is 0. The van der Waals surface area contributed by atoms with Gasteiger partial charge in [0.15, 0.2) is 0 Å². The van der Waals surface area contributed by atoms with Crippen LogP contribution in [0.15, 0.2) is 30.3 Å². The topological polar surface area (TPSA) is 59.0 Å². The molecule has 1 aliphatic heterocycles. The lowest BCUT2D eigenvalue weighted by Gasteiger charge is -2.24. The zero-order valence-electron chi connectivity index (χ0n) is 16.5. The van der Waals surface area contributed by atoms with E-state index in [4.69, 9.17) is 0 Å². The van der Waals surface area contributed by atoms with Crippen molar-refractivity contribution in [2.45, 2.75) is 71.0 Å². The number of hydrogen-bond donors (Lipinski definition) is 2. The van der Waals surface area contributed by atoms with Crippen molar-refractivity contribution in [3.63, 3.8) is 0 Å². The molecule has 0 bridgehead atoms. The van der Waals surface area contributed by atoms with Gasteiger partial charge in [0.1, 0.15) is 0 Å².